The Bertz CT molecular complexity index is 830. The van der Waals surface area contributed by atoms with Crippen LogP contribution in [0.25, 0.3) is 0 Å². The fraction of sp³-hybridized carbons (Fsp3) is 0.538. The van der Waals surface area contributed by atoms with Gasteiger partial charge in [-0.3, -0.25) is 0 Å². The van der Waals surface area contributed by atoms with Crippen molar-refractivity contribution in [2.75, 3.05) is 26.4 Å². The molecule has 8 heteroatoms. The van der Waals surface area contributed by atoms with Crippen LogP contribution in [0.5, 0.6) is 17.2 Å². The molecule has 1 aromatic carbocycles. The van der Waals surface area contributed by atoms with Crippen molar-refractivity contribution >= 4 is 12.1 Å². The number of carbonyl (C=O) groups is 2. The summed E-state index contributed by atoms with van der Waals surface area (Å²) in [5.74, 6) is 4.79. The van der Waals surface area contributed by atoms with Gasteiger partial charge in [0.25, 0.3) is 0 Å². The zero-order valence-corrected chi connectivity index (χ0v) is 20.3. The molecule has 1 aromatic rings. The second-order valence-corrected chi connectivity index (χ2v) is 8.40. The molecule has 0 aliphatic carbocycles. The lowest BCUT2D eigenvalue weighted by Crippen LogP contribution is -2.34. The van der Waals surface area contributed by atoms with Gasteiger partial charge < -0.3 is 29.4 Å². The number of ether oxygens (including phenoxy) is 4. The minimum Gasteiger partial charge on any atom is -0.490 e. The fourth-order valence-corrected chi connectivity index (χ4v) is 2.70. The first-order valence-electron chi connectivity index (χ1n) is 11.3. The van der Waals surface area contributed by atoms with Gasteiger partial charge in [-0.15, -0.1) is 24.7 Å². The van der Waals surface area contributed by atoms with Gasteiger partial charge in [-0.2, -0.15) is 0 Å². The van der Waals surface area contributed by atoms with Gasteiger partial charge in [0.05, 0.1) is 25.3 Å². The zero-order valence-electron chi connectivity index (χ0n) is 20.3. The predicted octanol–water partition coefficient (Wildman–Crippen LogP) is 4.65. The van der Waals surface area contributed by atoms with Crippen LogP contribution in [-0.2, 0) is 4.74 Å². The Balaban J connectivity index is 2.95. The lowest BCUT2D eigenvalue weighted by Gasteiger charge is -2.20. The van der Waals surface area contributed by atoms with Gasteiger partial charge in [-0.05, 0) is 58.6 Å². The standard InChI is InChI=1S/C26H35NO7/c1-6-8-10-12-15-31-21-18-20(24(28)29)19-22(32-16-13-11-9-7-2)23(21)33-17-14-27-25(30)34-26(3,4)5/h1-2,18-19H,8-17H2,3-5H3,(H,27,30)(H,28,29). The van der Waals surface area contributed by atoms with E-state index in [9.17, 15) is 14.7 Å². The third-order valence-corrected chi connectivity index (χ3v) is 4.23. The number of nitrogens with one attached hydrogen (secondary N) is 1. The van der Waals surface area contributed by atoms with Crippen molar-refractivity contribution in [3.63, 3.8) is 0 Å². The Hall–Kier alpha value is -3.52. The van der Waals surface area contributed by atoms with E-state index in [0.717, 1.165) is 12.8 Å². The highest BCUT2D eigenvalue weighted by Gasteiger charge is 2.19. The van der Waals surface area contributed by atoms with Gasteiger partial charge in [0.2, 0.25) is 5.75 Å². The van der Waals surface area contributed by atoms with Crippen molar-refractivity contribution in [2.24, 2.45) is 0 Å². The maximum Gasteiger partial charge on any atom is 0.407 e. The smallest absolute Gasteiger partial charge is 0.407 e. The number of rotatable bonds is 15. The van der Waals surface area contributed by atoms with Crippen molar-refractivity contribution < 1.29 is 33.6 Å². The van der Waals surface area contributed by atoms with Crippen LogP contribution in [-0.4, -0.2) is 49.1 Å². The van der Waals surface area contributed by atoms with E-state index in [2.05, 4.69) is 17.2 Å². The number of aromatic carboxylic acids is 1. The molecule has 0 unspecified atom stereocenters. The Morgan fingerprint density at radius 3 is 1.88 bits per heavy atom. The molecule has 0 aliphatic heterocycles. The molecule has 0 aromatic heterocycles. The highest BCUT2D eigenvalue weighted by molar-refractivity contribution is 5.89. The molecule has 0 saturated carbocycles. The lowest BCUT2D eigenvalue weighted by atomic mass is 10.1. The molecule has 34 heavy (non-hydrogen) atoms. The molecular formula is C26H35NO7. The predicted molar refractivity (Wildman–Crippen MR) is 129 cm³/mol. The van der Waals surface area contributed by atoms with Crippen LogP contribution in [0.15, 0.2) is 12.1 Å². The van der Waals surface area contributed by atoms with Crippen LogP contribution in [0.1, 0.15) is 69.7 Å². The Morgan fingerprint density at radius 2 is 1.44 bits per heavy atom. The van der Waals surface area contributed by atoms with Gasteiger partial charge >= 0.3 is 12.1 Å². The van der Waals surface area contributed by atoms with E-state index in [1.807, 2.05) is 0 Å². The molecule has 186 valence electrons. The quantitative estimate of drug-likeness (QED) is 0.282. The van der Waals surface area contributed by atoms with Gasteiger partial charge in [0.15, 0.2) is 11.5 Å². The van der Waals surface area contributed by atoms with E-state index in [0.29, 0.717) is 38.9 Å². The molecule has 1 amide bonds. The second kappa shape index (κ2) is 15.3. The van der Waals surface area contributed by atoms with Crippen molar-refractivity contribution in [2.45, 2.75) is 64.9 Å². The maximum atomic E-state index is 11.8. The Morgan fingerprint density at radius 1 is 0.912 bits per heavy atom. The third kappa shape index (κ3) is 11.9. The third-order valence-electron chi connectivity index (χ3n) is 4.23. The second-order valence-electron chi connectivity index (χ2n) is 8.40. The molecule has 0 radical (unpaired) electrons. The number of alkyl carbamates (subject to hydrolysis) is 1. The van der Waals surface area contributed by atoms with E-state index >= 15 is 0 Å². The summed E-state index contributed by atoms with van der Waals surface area (Å²) >= 11 is 0. The molecule has 0 saturated heterocycles. The summed E-state index contributed by atoms with van der Waals surface area (Å²) in [6, 6.07) is 2.79. The molecular weight excluding hydrogens is 438 g/mol. The number of hydrogen-bond acceptors (Lipinski definition) is 6. The van der Waals surface area contributed by atoms with E-state index in [1.165, 1.54) is 12.1 Å². The van der Waals surface area contributed by atoms with E-state index in [-0.39, 0.29) is 36.0 Å². The first-order chi connectivity index (χ1) is 16.2. The van der Waals surface area contributed by atoms with E-state index in [4.69, 9.17) is 31.8 Å². The number of carboxylic acid groups (broad SMARTS) is 1. The number of unbranched alkanes of at least 4 members (excludes halogenated alkanes) is 4. The first kappa shape index (κ1) is 28.5. The van der Waals surface area contributed by atoms with Crippen molar-refractivity contribution in [3.05, 3.63) is 17.7 Å². The number of carbonyl (C=O) groups excluding carboxylic acids is 1. The maximum absolute atomic E-state index is 11.8. The average Bonchev–Trinajstić information content (AvgIpc) is 2.75. The molecule has 0 fully saturated rings. The highest BCUT2D eigenvalue weighted by atomic mass is 16.6. The van der Waals surface area contributed by atoms with Gasteiger partial charge in [-0.1, -0.05) is 0 Å². The topological polar surface area (TPSA) is 103 Å². The van der Waals surface area contributed by atoms with Crippen molar-refractivity contribution in [3.8, 4) is 41.9 Å². The van der Waals surface area contributed by atoms with E-state index < -0.39 is 17.7 Å². The summed E-state index contributed by atoms with van der Waals surface area (Å²) in [5, 5.41) is 12.1. The summed E-state index contributed by atoms with van der Waals surface area (Å²) in [5.41, 5.74) is -0.602. The van der Waals surface area contributed by atoms with Crippen LogP contribution in [0, 0.1) is 24.7 Å². The summed E-state index contributed by atoms with van der Waals surface area (Å²) in [7, 11) is 0. The van der Waals surface area contributed by atoms with Gasteiger partial charge in [-0.25, -0.2) is 9.59 Å². The summed E-state index contributed by atoms with van der Waals surface area (Å²) in [4.78, 5) is 23.5. The minimum atomic E-state index is -1.12. The van der Waals surface area contributed by atoms with E-state index in [1.54, 1.807) is 20.8 Å². The molecule has 1 rings (SSSR count). The Labute approximate surface area is 202 Å². The first-order valence-corrected chi connectivity index (χ1v) is 11.3. The summed E-state index contributed by atoms with van der Waals surface area (Å²) in [6.07, 6.45) is 14.2. The summed E-state index contributed by atoms with van der Waals surface area (Å²) in [6.45, 7) is 6.23. The van der Waals surface area contributed by atoms with Crippen LogP contribution >= 0.6 is 0 Å². The van der Waals surface area contributed by atoms with Crippen LogP contribution in [0.3, 0.4) is 0 Å². The zero-order chi connectivity index (χ0) is 25.4. The number of terminal acetylenes is 2. The lowest BCUT2D eigenvalue weighted by molar-refractivity contribution is 0.0519. The normalized spacial score (nSPS) is 10.5. The van der Waals surface area contributed by atoms with Crippen molar-refractivity contribution in [1.82, 2.24) is 5.32 Å². The summed E-state index contributed by atoms with van der Waals surface area (Å²) < 4.78 is 22.7. The van der Waals surface area contributed by atoms with Crippen molar-refractivity contribution in [1.29, 1.82) is 0 Å². The monoisotopic (exact) mass is 473 g/mol. The molecule has 0 spiro atoms. The van der Waals surface area contributed by atoms with Crippen LogP contribution in [0.4, 0.5) is 4.79 Å². The SMILES string of the molecule is C#CCCCCOc1cc(C(=O)O)cc(OCCCCC#C)c1OCCNC(=O)OC(C)(C)C. The molecule has 0 bridgehead atoms. The number of hydrogen-bond donors (Lipinski definition) is 2. The highest BCUT2D eigenvalue weighted by Crippen LogP contribution is 2.39. The Kier molecular flexibility index (Phi) is 12.9. The molecule has 0 aliphatic rings. The largest absolute Gasteiger partial charge is 0.490 e. The molecule has 2 N–H and O–H groups in total. The van der Waals surface area contributed by atoms with Crippen LogP contribution in [0.2, 0.25) is 0 Å². The molecule has 8 nitrogen and oxygen atoms in total. The average molecular weight is 474 g/mol. The number of benzene rings is 1. The van der Waals surface area contributed by atoms with Gasteiger partial charge in [0.1, 0.15) is 12.2 Å². The number of amides is 1. The molecule has 0 heterocycles. The van der Waals surface area contributed by atoms with Crippen LogP contribution < -0.4 is 19.5 Å². The molecule has 0 atom stereocenters. The van der Waals surface area contributed by atoms with Gasteiger partial charge in [0, 0.05) is 12.8 Å². The fourth-order valence-electron chi connectivity index (χ4n) is 2.70. The number of carboxylic acids is 1. The minimum absolute atomic E-state index is 0.0106.